The van der Waals surface area contributed by atoms with Crippen LogP contribution < -0.4 is 15.8 Å². The summed E-state index contributed by atoms with van der Waals surface area (Å²) >= 11 is 0. The quantitative estimate of drug-likeness (QED) is 0.412. The van der Waals surface area contributed by atoms with Crippen LogP contribution in [0.2, 0.25) is 0 Å². The lowest BCUT2D eigenvalue weighted by Gasteiger charge is -2.12. The zero-order chi connectivity index (χ0) is 16.8. The molecule has 0 radical (unpaired) electrons. The molecule has 7 heteroatoms. The van der Waals surface area contributed by atoms with Crippen molar-refractivity contribution in [2.45, 2.75) is 12.8 Å². The van der Waals surface area contributed by atoms with Crippen LogP contribution in [0.5, 0.6) is 5.75 Å². The molecule has 0 bridgehead atoms. The highest BCUT2D eigenvalue weighted by Crippen LogP contribution is 2.20. The summed E-state index contributed by atoms with van der Waals surface area (Å²) in [6.45, 7) is 2.10. The number of nitrogens with one attached hydrogen (secondary N) is 1. The Morgan fingerprint density at radius 2 is 1.88 bits per heavy atom. The van der Waals surface area contributed by atoms with Crippen molar-refractivity contribution >= 4 is 35.6 Å². The summed E-state index contributed by atoms with van der Waals surface area (Å²) in [5.74, 6) is -0.417. The average molecular weight is 447 g/mol. The highest BCUT2D eigenvalue weighted by Gasteiger charge is 2.11. The van der Waals surface area contributed by atoms with Gasteiger partial charge in [-0.3, -0.25) is 4.99 Å². The molecule has 0 spiro atoms. The summed E-state index contributed by atoms with van der Waals surface area (Å²) in [5.41, 5.74) is 7.00. The Morgan fingerprint density at radius 3 is 2.46 bits per heavy atom. The van der Waals surface area contributed by atoms with Gasteiger partial charge in [-0.1, -0.05) is 13.0 Å². The molecule has 0 aliphatic rings. The van der Waals surface area contributed by atoms with Gasteiger partial charge in [-0.05, 0) is 35.9 Å². The minimum absolute atomic E-state index is 0. The Kier molecular flexibility index (Phi) is 7.90. The van der Waals surface area contributed by atoms with Crippen molar-refractivity contribution in [3.8, 4) is 5.75 Å². The number of methoxy groups -OCH3 is 1. The maximum Gasteiger partial charge on any atom is 0.193 e. The first-order chi connectivity index (χ1) is 11.0. The van der Waals surface area contributed by atoms with E-state index in [1.165, 1.54) is 12.1 Å². The van der Waals surface area contributed by atoms with Crippen LogP contribution in [0.4, 0.5) is 14.5 Å². The predicted molar refractivity (Wildman–Crippen MR) is 103 cm³/mol. The number of ether oxygens (including phenoxy) is 1. The Balaban J connectivity index is 0.00000288. The molecule has 2 rings (SSSR count). The minimum atomic E-state index is -0.595. The maximum absolute atomic E-state index is 13.7. The third kappa shape index (κ3) is 5.63. The monoisotopic (exact) mass is 447 g/mol. The van der Waals surface area contributed by atoms with Crippen molar-refractivity contribution in [1.82, 2.24) is 0 Å². The van der Waals surface area contributed by atoms with Crippen LogP contribution in [0.1, 0.15) is 18.4 Å². The molecule has 0 aromatic heterocycles. The Hall–Kier alpha value is -1.90. The van der Waals surface area contributed by atoms with Crippen molar-refractivity contribution in [1.29, 1.82) is 0 Å². The van der Waals surface area contributed by atoms with Gasteiger partial charge in [-0.2, -0.15) is 0 Å². The van der Waals surface area contributed by atoms with Crippen molar-refractivity contribution in [2.24, 2.45) is 10.7 Å². The summed E-state index contributed by atoms with van der Waals surface area (Å²) < 4.78 is 31.7. The van der Waals surface area contributed by atoms with Crippen LogP contribution in [0, 0.1) is 11.6 Å². The van der Waals surface area contributed by atoms with E-state index in [4.69, 9.17) is 10.5 Å². The van der Waals surface area contributed by atoms with Gasteiger partial charge in [0.2, 0.25) is 0 Å². The average Bonchev–Trinajstić information content (AvgIpc) is 2.53. The third-order valence-corrected chi connectivity index (χ3v) is 3.39. The number of anilines is 1. The number of nitrogens with two attached hydrogens (primary N) is 1. The summed E-state index contributed by atoms with van der Waals surface area (Å²) in [7, 11) is 1.59. The van der Waals surface area contributed by atoms with Crippen molar-refractivity contribution < 1.29 is 13.5 Å². The zero-order valence-corrected chi connectivity index (χ0v) is 15.8. The molecule has 0 saturated carbocycles. The summed E-state index contributed by atoms with van der Waals surface area (Å²) in [6.07, 6.45) is 0. The lowest BCUT2D eigenvalue weighted by molar-refractivity contribution is 0.415. The molecule has 0 heterocycles. The standard InChI is InChI=1S/C17H19F2N3O.HI/c1-11(15-8-3-12(18)9-16(15)19)10-21-17(20)22-13-4-6-14(23-2)7-5-13;/h3-9,11H,10H2,1-2H3,(H3,20,21,22);1H. The first-order valence-corrected chi connectivity index (χ1v) is 7.15. The van der Waals surface area contributed by atoms with Crippen LogP contribution in [0.25, 0.3) is 0 Å². The molecular formula is C17H20F2IN3O. The molecule has 1 atom stereocenters. The predicted octanol–water partition coefficient (Wildman–Crippen LogP) is 4.12. The molecule has 0 fully saturated rings. The van der Waals surface area contributed by atoms with Gasteiger partial charge in [0.25, 0.3) is 0 Å². The van der Waals surface area contributed by atoms with Crippen LogP contribution >= 0.6 is 24.0 Å². The second-order valence-electron chi connectivity index (χ2n) is 5.15. The van der Waals surface area contributed by atoms with Crippen LogP contribution in [-0.2, 0) is 0 Å². The largest absolute Gasteiger partial charge is 0.497 e. The molecule has 2 aromatic carbocycles. The molecule has 0 amide bonds. The molecule has 0 saturated heterocycles. The van der Waals surface area contributed by atoms with Gasteiger partial charge in [0.05, 0.1) is 7.11 Å². The highest BCUT2D eigenvalue weighted by atomic mass is 127. The molecule has 0 aliphatic heterocycles. The van der Waals surface area contributed by atoms with Crippen molar-refractivity contribution in [2.75, 3.05) is 19.0 Å². The van der Waals surface area contributed by atoms with E-state index in [-0.39, 0.29) is 42.4 Å². The first kappa shape index (κ1) is 20.1. The van der Waals surface area contributed by atoms with E-state index in [0.29, 0.717) is 5.56 Å². The lowest BCUT2D eigenvalue weighted by atomic mass is 10.0. The number of guanidine groups is 1. The van der Waals surface area contributed by atoms with E-state index in [1.54, 1.807) is 26.2 Å². The lowest BCUT2D eigenvalue weighted by Crippen LogP contribution is -2.23. The summed E-state index contributed by atoms with van der Waals surface area (Å²) in [6, 6.07) is 10.7. The van der Waals surface area contributed by atoms with E-state index < -0.39 is 11.6 Å². The summed E-state index contributed by atoms with van der Waals surface area (Å²) in [5, 5.41) is 2.94. The second-order valence-corrected chi connectivity index (χ2v) is 5.15. The van der Waals surface area contributed by atoms with Gasteiger partial charge >= 0.3 is 0 Å². The molecule has 2 aromatic rings. The summed E-state index contributed by atoms with van der Waals surface area (Å²) in [4.78, 5) is 4.19. The number of halogens is 3. The number of hydrogen-bond acceptors (Lipinski definition) is 2. The van der Waals surface area contributed by atoms with Crippen molar-refractivity contribution in [3.05, 3.63) is 59.7 Å². The molecule has 0 aliphatic carbocycles. The Labute approximate surface area is 157 Å². The molecule has 1 unspecified atom stereocenters. The highest BCUT2D eigenvalue weighted by molar-refractivity contribution is 14.0. The smallest absolute Gasteiger partial charge is 0.193 e. The molecule has 4 nitrogen and oxygen atoms in total. The molecule has 24 heavy (non-hydrogen) atoms. The van der Waals surface area contributed by atoms with E-state index in [9.17, 15) is 8.78 Å². The van der Waals surface area contributed by atoms with Gasteiger partial charge in [0, 0.05) is 24.2 Å². The van der Waals surface area contributed by atoms with Gasteiger partial charge in [-0.25, -0.2) is 8.78 Å². The van der Waals surface area contributed by atoms with Crippen molar-refractivity contribution in [3.63, 3.8) is 0 Å². The Bertz CT molecular complexity index is 693. The number of rotatable bonds is 5. The van der Waals surface area contributed by atoms with Gasteiger partial charge in [-0.15, -0.1) is 24.0 Å². The van der Waals surface area contributed by atoms with E-state index in [1.807, 2.05) is 12.1 Å². The maximum atomic E-state index is 13.7. The minimum Gasteiger partial charge on any atom is -0.497 e. The topological polar surface area (TPSA) is 59.6 Å². The van der Waals surface area contributed by atoms with Gasteiger partial charge in [0.15, 0.2) is 5.96 Å². The van der Waals surface area contributed by atoms with Gasteiger partial charge < -0.3 is 15.8 Å². The Morgan fingerprint density at radius 1 is 1.21 bits per heavy atom. The zero-order valence-electron chi connectivity index (χ0n) is 13.4. The normalized spacial score (nSPS) is 12.2. The van der Waals surface area contributed by atoms with Gasteiger partial charge in [0.1, 0.15) is 17.4 Å². The second kappa shape index (κ2) is 9.41. The van der Waals surface area contributed by atoms with Crippen LogP contribution in [0.15, 0.2) is 47.5 Å². The van der Waals surface area contributed by atoms with E-state index >= 15 is 0 Å². The molecular weight excluding hydrogens is 427 g/mol. The van der Waals surface area contributed by atoms with Crippen LogP contribution in [0.3, 0.4) is 0 Å². The molecule has 3 N–H and O–H groups in total. The number of aliphatic imine (C=N–C) groups is 1. The SMILES string of the molecule is COc1ccc(NC(N)=NCC(C)c2ccc(F)cc2F)cc1.I. The fraction of sp³-hybridized carbons (Fsp3) is 0.235. The van der Waals surface area contributed by atoms with E-state index in [2.05, 4.69) is 10.3 Å². The number of nitrogens with zero attached hydrogens (tertiary/aromatic N) is 1. The fourth-order valence-electron chi connectivity index (χ4n) is 2.10. The number of hydrogen-bond donors (Lipinski definition) is 2. The number of benzene rings is 2. The fourth-order valence-corrected chi connectivity index (χ4v) is 2.10. The molecule has 130 valence electrons. The third-order valence-electron chi connectivity index (χ3n) is 3.39. The first-order valence-electron chi connectivity index (χ1n) is 7.15. The van der Waals surface area contributed by atoms with E-state index in [0.717, 1.165) is 17.5 Å². The van der Waals surface area contributed by atoms with Crippen LogP contribution in [-0.4, -0.2) is 19.6 Å².